The molecule has 27 heavy (non-hydrogen) atoms. The van der Waals surface area contributed by atoms with E-state index in [0.717, 1.165) is 5.76 Å². The highest BCUT2D eigenvalue weighted by Gasteiger charge is 2.42. The Morgan fingerprint density at radius 3 is 1.70 bits per heavy atom. The van der Waals surface area contributed by atoms with Gasteiger partial charge in [-0.05, 0) is 49.7 Å². The van der Waals surface area contributed by atoms with E-state index in [9.17, 15) is 0 Å². The average Bonchev–Trinajstić information content (AvgIpc) is 3.07. The van der Waals surface area contributed by atoms with Crippen molar-refractivity contribution in [1.82, 2.24) is 0 Å². The minimum atomic E-state index is -1.79. The molecular formula is C25H24OP+. The zero-order chi connectivity index (χ0) is 18.9. The van der Waals surface area contributed by atoms with E-state index in [4.69, 9.17) is 4.42 Å². The first-order valence-electron chi connectivity index (χ1n) is 9.25. The fourth-order valence-electron chi connectivity index (χ4n) is 3.93. The van der Waals surface area contributed by atoms with Gasteiger partial charge in [0.2, 0.25) is 0 Å². The number of rotatable bonds is 4. The van der Waals surface area contributed by atoms with Crippen LogP contribution in [0.1, 0.15) is 11.3 Å². The molecule has 1 nitrogen and oxygen atoms in total. The van der Waals surface area contributed by atoms with Gasteiger partial charge in [0.1, 0.15) is 28.9 Å². The summed E-state index contributed by atoms with van der Waals surface area (Å²) in [6.07, 6.45) is 1.86. The van der Waals surface area contributed by atoms with Crippen molar-refractivity contribution >= 4 is 23.2 Å². The molecule has 0 fully saturated rings. The van der Waals surface area contributed by atoms with Crippen molar-refractivity contribution in [1.29, 1.82) is 0 Å². The van der Waals surface area contributed by atoms with E-state index in [1.807, 2.05) is 6.26 Å². The van der Waals surface area contributed by atoms with Gasteiger partial charge in [0.15, 0.2) is 0 Å². The van der Waals surface area contributed by atoms with Gasteiger partial charge in [0, 0.05) is 11.1 Å². The minimum absolute atomic E-state index is 0.979. The van der Waals surface area contributed by atoms with Crippen molar-refractivity contribution in [3.8, 4) is 11.1 Å². The van der Waals surface area contributed by atoms with Crippen LogP contribution in [0.5, 0.6) is 0 Å². The number of aryl methyl sites for hydroxylation is 2. The van der Waals surface area contributed by atoms with Crippen LogP contribution in [0.4, 0.5) is 0 Å². The van der Waals surface area contributed by atoms with Gasteiger partial charge >= 0.3 is 0 Å². The predicted octanol–water partition coefficient (Wildman–Crippen LogP) is 5.49. The highest BCUT2D eigenvalue weighted by atomic mass is 31.2. The maximum atomic E-state index is 5.74. The summed E-state index contributed by atoms with van der Waals surface area (Å²) >= 11 is 0. The lowest BCUT2D eigenvalue weighted by Crippen LogP contribution is -2.31. The second-order valence-corrected chi connectivity index (χ2v) is 10.6. The molecule has 0 saturated carbocycles. The molecular weight excluding hydrogens is 347 g/mol. The number of hydrogen-bond acceptors (Lipinski definition) is 1. The van der Waals surface area contributed by atoms with Gasteiger partial charge in [0.05, 0.1) is 12.9 Å². The number of benzene rings is 3. The summed E-state index contributed by atoms with van der Waals surface area (Å²) in [6.45, 7) is 6.62. The third kappa shape index (κ3) is 3.03. The maximum Gasteiger partial charge on any atom is 0.112 e. The van der Waals surface area contributed by atoms with E-state index >= 15 is 0 Å². The maximum absolute atomic E-state index is 5.74. The van der Waals surface area contributed by atoms with Crippen LogP contribution in [0.25, 0.3) is 11.1 Å². The van der Waals surface area contributed by atoms with Crippen molar-refractivity contribution in [2.75, 3.05) is 6.66 Å². The molecule has 0 spiro atoms. The van der Waals surface area contributed by atoms with Gasteiger partial charge in [0.25, 0.3) is 0 Å². The van der Waals surface area contributed by atoms with Crippen molar-refractivity contribution in [2.45, 2.75) is 13.8 Å². The van der Waals surface area contributed by atoms with Crippen molar-refractivity contribution in [2.24, 2.45) is 0 Å². The van der Waals surface area contributed by atoms with Crippen molar-refractivity contribution in [3.05, 3.63) is 103 Å². The molecule has 0 aliphatic rings. The average molecular weight is 371 g/mol. The lowest BCUT2D eigenvalue weighted by molar-refractivity contribution is 0.534. The van der Waals surface area contributed by atoms with Gasteiger partial charge in [-0.1, -0.05) is 54.6 Å². The number of hydrogen-bond donors (Lipinski definition) is 0. The van der Waals surface area contributed by atoms with Crippen LogP contribution in [0.3, 0.4) is 0 Å². The fraction of sp³-hybridized carbons (Fsp3) is 0.120. The van der Waals surface area contributed by atoms with E-state index in [0.29, 0.717) is 0 Å². The first-order valence-corrected chi connectivity index (χ1v) is 11.5. The molecule has 2 heteroatoms. The zero-order valence-electron chi connectivity index (χ0n) is 16.0. The molecule has 4 aromatic rings. The summed E-state index contributed by atoms with van der Waals surface area (Å²) in [5.41, 5.74) is 3.70. The molecule has 0 bridgehead atoms. The Morgan fingerprint density at radius 1 is 0.667 bits per heavy atom. The summed E-state index contributed by atoms with van der Waals surface area (Å²) < 4.78 is 5.74. The molecule has 4 rings (SSSR count). The van der Waals surface area contributed by atoms with Crippen LogP contribution in [-0.4, -0.2) is 6.66 Å². The minimum Gasteiger partial charge on any atom is -0.469 e. The highest BCUT2D eigenvalue weighted by Crippen LogP contribution is 2.53. The van der Waals surface area contributed by atoms with Gasteiger partial charge in [-0.2, -0.15) is 0 Å². The Hall–Kier alpha value is -2.63. The normalized spacial score (nSPS) is 11.5. The molecule has 134 valence electrons. The Balaban J connectivity index is 2.04. The Kier molecular flexibility index (Phi) is 4.72. The van der Waals surface area contributed by atoms with Gasteiger partial charge in [-0.15, -0.1) is 0 Å². The molecule has 1 aromatic heterocycles. The second-order valence-electron chi connectivity index (χ2n) is 7.04. The van der Waals surface area contributed by atoms with Gasteiger partial charge < -0.3 is 4.42 Å². The van der Waals surface area contributed by atoms with Crippen LogP contribution in [0.2, 0.25) is 0 Å². The summed E-state index contributed by atoms with van der Waals surface area (Å²) in [4.78, 5) is 0. The lowest BCUT2D eigenvalue weighted by Gasteiger charge is -2.25. The number of furan rings is 1. The first kappa shape index (κ1) is 17.8. The lowest BCUT2D eigenvalue weighted by atomic mass is 10.0. The molecule has 0 aliphatic heterocycles. The highest BCUT2D eigenvalue weighted by molar-refractivity contribution is 7.95. The van der Waals surface area contributed by atoms with E-state index in [2.05, 4.69) is 105 Å². The standard InChI is InChI=1S/C25H24OP/c1-19-18-26-20(2)25(19)23-16-10-11-17-24(23)27(3,21-12-6-4-7-13-21)22-14-8-5-9-15-22/h4-18H,1-3H3/q+1. The molecule has 0 N–H and O–H groups in total. The van der Waals surface area contributed by atoms with Gasteiger partial charge in [-0.25, -0.2) is 0 Å². The Bertz CT molecular complexity index is 989. The van der Waals surface area contributed by atoms with Crippen LogP contribution in [0.15, 0.2) is 95.6 Å². The molecule has 0 atom stereocenters. The summed E-state index contributed by atoms with van der Waals surface area (Å²) in [5.74, 6) is 0.979. The van der Waals surface area contributed by atoms with Crippen LogP contribution in [0, 0.1) is 13.8 Å². The first-order chi connectivity index (χ1) is 13.1. The van der Waals surface area contributed by atoms with E-state index < -0.39 is 7.26 Å². The molecule has 3 aromatic carbocycles. The Labute approximate surface area is 162 Å². The van der Waals surface area contributed by atoms with Crippen LogP contribution in [-0.2, 0) is 0 Å². The monoisotopic (exact) mass is 371 g/mol. The van der Waals surface area contributed by atoms with Crippen molar-refractivity contribution < 1.29 is 4.42 Å². The topological polar surface area (TPSA) is 13.1 Å². The third-order valence-corrected chi connectivity index (χ3v) is 9.37. The van der Waals surface area contributed by atoms with Crippen LogP contribution < -0.4 is 15.9 Å². The van der Waals surface area contributed by atoms with E-state index in [1.54, 1.807) is 0 Å². The molecule has 0 amide bonds. The van der Waals surface area contributed by atoms with Crippen molar-refractivity contribution in [3.63, 3.8) is 0 Å². The second kappa shape index (κ2) is 7.18. The van der Waals surface area contributed by atoms with E-state index in [-0.39, 0.29) is 0 Å². The zero-order valence-corrected chi connectivity index (χ0v) is 16.9. The molecule has 0 aliphatic carbocycles. The SMILES string of the molecule is Cc1coc(C)c1-c1ccccc1[P+](C)(c1ccccc1)c1ccccc1. The molecule has 0 unspecified atom stereocenters. The fourth-order valence-corrected chi connectivity index (χ4v) is 7.37. The summed E-state index contributed by atoms with van der Waals surface area (Å²) in [6, 6.07) is 30.7. The third-order valence-electron chi connectivity index (χ3n) is 5.36. The van der Waals surface area contributed by atoms with Gasteiger partial charge in [-0.3, -0.25) is 0 Å². The Morgan fingerprint density at radius 2 is 1.19 bits per heavy atom. The quantitative estimate of drug-likeness (QED) is 0.433. The van der Waals surface area contributed by atoms with E-state index in [1.165, 1.54) is 32.6 Å². The largest absolute Gasteiger partial charge is 0.469 e. The molecule has 0 saturated heterocycles. The summed E-state index contributed by atoms with van der Waals surface area (Å²) in [7, 11) is -1.79. The molecule has 1 heterocycles. The van der Waals surface area contributed by atoms with Crippen LogP contribution >= 0.6 is 7.26 Å². The predicted molar refractivity (Wildman–Crippen MR) is 118 cm³/mol. The molecule has 0 radical (unpaired) electrons. The summed E-state index contributed by atoms with van der Waals surface area (Å²) in [5, 5.41) is 4.18. The smallest absolute Gasteiger partial charge is 0.112 e.